The van der Waals surface area contributed by atoms with Gasteiger partial charge >= 0.3 is 5.97 Å². The zero-order valence-corrected chi connectivity index (χ0v) is 22.6. The molecule has 0 radical (unpaired) electrons. The first-order valence-electron chi connectivity index (χ1n) is 11.6. The molecule has 0 aromatic heterocycles. The minimum Gasteiger partial charge on any atom is -0.496 e. The number of benzene rings is 2. The van der Waals surface area contributed by atoms with Gasteiger partial charge in [-0.15, -0.1) is 0 Å². The van der Waals surface area contributed by atoms with E-state index < -0.39 is 18.6 Å². The number of esters is 1. The smallest absolute Gasteiger partial charge is 0.306 e. The minimum absolute atomic E-state index is 0.0511. The van der Waals surface area contributed by atoms with E-state index in [9.17, 15) is 14.2 Å². The molecule has 35 heavy (non-hydrogen) atoms. The van der Waals surface area contributed by atoms with Crippen molar-refractivity contribution in [1.82, 2.24) is 0 Å². The maximum absolute atomic E-state index is 14.3. The third-order valence-corrected chi connectivity index (χ3v) is 8.42. The molecule has 0 aliphatic rings. The van der Waals surface area contributed by atoms with Crippen molar-refractivity contribution in [2.24, 2.45) is 11.3 Å². The van der Waals surface area contributed by atoms with E-state index in [1.54, 1.807) is 30.3 Å². The van der Waals surface area contributed by atoms with E-state index in [-0.39, 0.29) is 47.6 Å². The van der Waals surface area contributed by atoms with Crippen molar-refractivity contribution in [3.63, 3.8) is 0 Å². The van der Waals surface area contributed by atoms with E-state index in [0.29, 0.717) is 11.1 Å². The fraction of sp³-hybridized carbons (Fsp3) is 0.481. The summed E-state index contributed by atoms with van der Waals surface area (Å²) < 4.78 is 35.9. The highest BCUT2D eigenvalue weighted by Crippen LogP contribution is 2.52. The molecule has 0 heterocycles. The molecule has 0 amide bonds. The molecular weight excluding hydrogens is 467 g/mol. The first-order chi connectivity index (χ1) is 16.4. The number of ether oxygens (including phenoxy) is 4. The molecule has 2 rings (SSSR count). The predicted molar refractivity (Wildman–Crippen MR) is 138 cm³/mol. The maximum atomic E-state index is 14.3. The Labute approximate surface area is 208 Å². The van der Waals surface area contributed by atoms with Crippen LogP contribution in [0.15, 0.2) is 42.5 Å². The normalized spacial score (nSPS) is 13.9. The summed E-state index contributed by atoms with van der Waals surface area (Å²) in [6, 6.07) is 11.5. The maximum Gasteiger partial charge on any atom is 0.306 e. The van der Waals surface area contributed by atoms with E-state index in [2.05, 4.69) is 20.8 Å². The molecule has 2 aromatic carbocycles. The average Bonchev–Trinajstić information content (AvgIpc) is 2.84. The quantitative estimate of drug-likeness (QED) is 0.277. The van der Waals surface area contributed by atoms with Crippen LogP contribution in [0.5, 0.6) is 17.2 Å². The molecule has 0 bridgehead atoms. The SMILES string of the molecule is COc1cc(OC)c(C(=O)P(=O)(CCC(=O)OCC(C)CC(C)(C)C)c2ccccc2)c(OC)c1. The van der Waals surface area contributed by atoms with Gasteiger partial charge in [-0.1, -0.05) is 58.0 Å². The summed E-state index contributed by atoms with van der Waals surface area (Å²) >= 11 is 0. The molecule has 0 fully saturated rings. The number of hydrogen-bond donors (Lipinski definition) is 0. The van der Waals surface area contributed by atoms with E-state index >= 15 is 0 Å². The van der Waals surface area contributed by atoms with Gasteiger partial charge in [0.2, 0.25) is 5.52 Å². The van der Waals surface area contributed by atoms with Crippen molar-refractivity contribution in [3.8, 4) is 17.2 Å². The number of rotatable bonds is 12. The van der Waals surface area contributed by atoms with Gasteiger partial charge in [-0.2, -0.15) is 0 Å². The molecule has 2 aromatic rings. The Hall–Kier alpha value is -2.79. The highest BCUT2D eigenvalue weighted by molar-refractivity contribution is 7.87. The largest absolute Gasteiger partial charge is 0.496 e. The number of carbonyl (C=O) groups excluding carboxylic acids is 2. The number of hydrogen-bond acceptors (Lipinski definition) is 7. The van der Waals surface area contributed by atoms with Crippen molar-refractivity contribution in [1.29, 1.82) is 0 Å². The van der Waals surface area contributed by atoms with Gasteiger partial charge < -0.3 is 23.5 Å². The fourth-order valence-electron chi connectivity index (χ4n) is 4.07. The molecule has 192 valence electrons. The Bertz CT molecular complexity index is 1030. The Morgan fingerprint density at radius 3 is 2.00 bits per heavy atom. The monoisotopic (exact) mass is 504 g/mol. The van der Waals surface area contributed by atoms with Crippen LogP contribution in [0.4, 0.5) is 0 Å². The first kappa shape index (κ1) is 28.4. The summed E-state index contributed by atoms with van der Waals surface area (Å²) in [5.41, 5.74) is -0.471. The van der Waals surface area contributed by atoms with Gasteiger partial charge in [0.15, 0.2) is 7.14 Å². The lowest BCUT2D eigenvalue weighted by Gasteiger charge is -2.23. The molecule has 0 aliphatic heterocycles. The summed E-state index contributed by atoms with van der Waals surface area (Å²) in [7, 11) is 0.543. The van der Waals surface area contributed by atoms with Crippen molar-refractivity contribution in [3.05, 3.63) is 48.0 Å². The number of carbonyl (C=O) groups is 2. The van der Waals surface area contributed by atoms with Crippen LogP contribution in [0.3, 0.4) is 0 Å². The third-order valence-electron chi connectivity index (χ3n) is 5.55. The molecule has 8 heteroatoms. The summed E-state index contributed by atoms with van der Waals surface area (Å²) in [6.45, 7) is 8.71. The molecule has 0 saturated heterocycles. The van der Waals surface area contributed by atoms with E-state index in [1.165, 1.54) is 33.5 Å². The van der Waals surface area contributed by atoms with Crippen LogP contribution in [0, 0.1) is 11.3 Å². The van der Waals surface area contributed by atoms with E-state index in [1.807, 2.05) is 6.92 Å². The zero-order valence-electron chi connectivity index (χ0n) is 21.8. The molecule has 2 unspecified atom stereocenters. The van der Waals surface area contributed by atoms with Gasteiger partial charge in [-0.05, 0) is 17.8 Å². The third kappa shape index (κ3) is 7.60. The Morgan fingerprint density at radius 2 is 1.51 bits per heavy atom. The topological polar surface area (TPSA) is 88.1 Å². The molecule has 2 atom stereocenters. The Morgan fingerprint density at radius 1 is 0.943 bits per heavy atom. The average molecular weight is 505 g/mol. The highest BCUT2D eigenvalue weighted by atomic mass is 31.2. The fourth-order valence-corrected chi connectivity index (χ4v) is 6.50. The second-order valence-corrected chi connectivity index (χ2v) is 12.7. The lowest BCUT2D eigenvalue weighted by atomic mass is 9.86. The summed E-state index contributed by atoms with van der Waals surface area (Å²) in [4.78, 5) is 26.4. The summed E-state index contributed by atoms with van der Waals surface area (Å²) in [6.07, 6.45) is 0.583. The Kier molecular flexibility index (Phi) is 9.96. The molecular formula is C27H37O7P. The molecule has 7 nitrogen and oxygen atoms in total. The van der Waals surface area contributed by atoms with Crippen LogP contribution in [0.2, 0.25) is 0 Å². The summed E-state index contributed by atoms with van der Waals surface area (Å²) in [5.74, 6) is 0.498. The lowest BCUT2D eigenvalue weighted by molar-refractivity contribution is -0.144. The molecule has 0 saturated carbocycles. The van der Waals surface area contributed by atoms with Gasteiger partial charge in [-0.3, -0.25) is 9.59 Å². The van der Waals surface area contributed by atoms with Crippen molar-refractivity contribution < 1.29 is 33.1 Å². The van der Waals surface area contributed by atoms with Crippen LogP contribution in [-0.2, 0) is 14.1 Å². The van der Waals surface area contributed by atoms with Gasteiger partial charge in [0, 0.05) is 23.6 Å². The number of methoxy groups -OCH3 is 3. The summed E-state index contributed by atoms with van der Waals surface area (Å²) in [5, 5.41) is 0.360. The van der Waals surface area contributed by atoms with Gasteiger partial charge in [0.25, 0.3) is 0 Å². The van der Waals surface area contributed by atoms with Crippen molar-refractivity contribution >= 4 is 23.9 Å². The molecule has 0 aliphatic carbocycles. The van der Waals surface area contributed by atoms with E-state index in [4.69, 9.17) is 18.9 Å². The zero-order chi connectivity index (χ0) is 26.2. The Balaban J connectivity index is 2.34. The van der Waals surface area contributed by atoms with Crippen molar-refractivity contribution in [2.45, 2.75) is 40.5 Å². The van der Waals surface area contributed by atoms with Crippen molar-refractivity contribution in [2.75, 3.05) is 34.1 Å². The standard InChI is InChI=1S/C27H37O7P/c1-19(17-27(2,3)4)18-34-24(28)13-14-35(30,21-11-9-8-10-12-21)26(29)25-22(32-6)15-20(31-5)16-23(25)33-7/h8-12,15-16,19H,13-14,17-18H2,1-7H3. The first-order valence-corrected chi connectivity index (χ1v) is 13.5. The minimum atomic E-state index is -3.76. The highest BCUT2D eigenvalue weighted by Gasteiger charge is 2.39. The second kappa shape index (κ2) is 12.3. The second-order valence-electron chi connectivity index (χ2n) is 9.81. The van der Waals surface area contributed by atoms with E-state index in [0.717, 1.165) is 6.42 Å². The molecule has 0 spiro atoms. The van der Waals surface area contributed by atoms with Gasteiger partial charge in [-0.25, -0.2) is 0 Å². The van der Waals surface area contributed by atoms with Crippen LogP contribution >= 0.6 is 7.14 Å². The van der Waals surface area contributed by atoms with Crippen LogP contribution in [0.25, 0.3) is 0 Å². The van der Waals surface area contributed by atoms with Crippen LogP contribution in [0.1, 0.15) is 50.9 Å². The lowest BCUT2D eigenvalue weighted by Crippen LogP contribution is -2.21. The van der Waals surface area contributed by atoms with Gasteiger partial charge in [0.1, 0.15) is 22.8 Å². The van der Waals surface area contributed by atoms with Crippen LogP contribution < -0.4 is 19.5 Å². The molecule has 0 N–H and O–H groups in total. The predicted octanol–water partition coefficient (Wildman–Crippen LogP) is 5.55. The van der Waals surface area contributed by atoms with Gasteiger partial charge in [0.05, 0.1) is 34.4 Å². The van der Waals surface area contributed by atoms with Crippen LogP contribution in [-0.4, -0.2) is 45.6 Å².